The zero-order valence-electron chi connectivity index (χ0n) is 12.0. The first kappa shape index (κ1) is 15.3. The lowest BCUT2D eigenvalue weighted by molar-refractivity contribution is -0.120. The van der Waals surface area contributed by atoms with Gasteiger partial charge in [-0.1, -0.05) is 30.0 Å². The Hall–Kier alpha value is -2.08. The summed E-state index contributed by atoms with van der Waals surface area (Å²) in [5.74, 6) is -0.109. The monoisotopic (exact) mass is 303 g/mol. The highest BCUT2D eigenvalue weighted by Gasteiger charge is 2.17. The number of carbonyl (C=O) groups is 1. The number of aromatic nitrogens is 2. The molecule has 0 saturated heterocycles. The van der Waals surface area contributed by atoms with Gasteiger partial charge in [0, 0.05) is 13.6 Å². The first-order chi connectivity index (χ1) is 10.0. The molecule has 0 aliphatic heterocycles. The third kappa shape index (κ3) is 3.33. The van der Waals surface area contributed by atoms with Gasteiger partial charge in [0.1, 0.15) is 0 Å². The van der Waals surface area contributed by atoms with E-state index in [1.165, 1.54) is 16.3 Å². The SMILES string of the molecule is C=CCNC(=O)[C@@H](C)Sc1nc2ccccc2c(=O)n1C. The molecule has 0 aliphatic rings. The smallest absolute Gasteiger partial charge is 0.261 e. The summed E-state index contributed by atoms with van der Waals surface area (Å²) in [6.07, 6.45) is 1.62. The van der Waals surface area contributed by atoms with E-state index in [2.05, 4.69) is 16.9 Å². The van der Waals surface area contributed by atoms with Crippen molar-refractivity contribution in [1.82, 2.24) is 14.9 Å². The Kier molecular flexibility index (Phi) is 4.80. The summed E-state index contributed by atoms with van der Waals surface area (Å²) in [6.45, 7) is 5.76. The van der Waals surface area contributed by atoms with Crippen LogP contribution in [0.1, 0.15) is 6.92 Å². The van der Waals surface area contributed by atoms with Crippen molar-refractivity contribution >= 4 is 28.6 Å². The van der Waals surface area contributed by atoms with Gasteiger partial charge in [-0.15, -0.1) is 6.58 Å². The second kappa shape index (κ2) is 6.58. The van der Waals surface area contributed by atoms with Crippen molar-refractivity contribution in [3.63, 3.8) is 0 Å². The molecule has 5 nitrogen and oxygen atoms in total. The number of nitrogens with one attached hydrogen (secondary N) is 1. The van der Waals surface area contributed by atoms with Crippen molar-refractivity contribution in [3.05, 3.63) is 47.3 Å². The Balaban J connectivity index is 2.30. The molecule has 2 aromatic rings. The topological polar surface area (TPSA) is 64.0 Å². The van der Waals surface area contributed by atoms with Crippen molar-refractivity contribution < 1.29 is 4.79 Å². The van der Waals surface area contributed by atoms with Gasteiger partial charge in [-0.25, -0.2) is 4.98 Å². The second-order valence-electron chi connectivity index (χ2n) is 4.57. The van der Waals surface area contributed by atoms with Crippen molar-refractivity contribution in [2.75, 3.05) is 6.54 Å². The molecule has 2 rings (SSSR count). The average Bonchev–Trinajstić information content (AvgIpc) is 2.49. The van der Waals surface area contributed by atoms with Crippen LogP contribution in [0, 0.1) is 0 Å². The fourth-order valence-corrected chi connectivity index (χ4v) is 2.73. The molecular weight excluding hydrogens is 286 g/mol. The molecular formula is C15H17N3O2S. The standard InChI is InChI=1S/C15H17N3O2S/c1-4-9-16-13(19)10(2)21-15-17-12-8-6-5-7-11(12)14(20)18(15)3/h4-8,10H,1,9H2,2-3H3,(H,16,19)/t10-/m1/s1. The molecule has 1 aromatic carbocycles. The number of hydrogen-bond acceptors (Lipinski definition) is 4. The lowest BCUT2D eigenvalue weighted by atomic mass is 10.2. The molecule has 0 bridgehead atoms. The van der Waals surface area contributed by atoms with Crippen LogP contribution < -0.4 is 10.9 Å². The number of para-hydroxylation sites is 1. The molecule has 0 spiro atoms. The van der Waals surface area contributed by atoms with Gasteiger partial charge in [-0.05, 0) is 19.1 Å². The van der Waals surface area contributed by atoms with E-state index in [1.807, 2.05) is 12.1 Å². The highest BCUT2D eigenvalue weighted by molar-refractivity contribution is 8.00. The molecule has 1 amide bonds. The number of thioether (sulfide) groups is 1. The van der Waals surface area contributed by atoms with E-state index in [0.717, 1.165) is 0 Å². The number of nitrogens with zero attached hydrogens (tertiary/aromatic N) is 2. The normalized spacial score (nSPS) is 12.1. The first-order valence-corrected chi connectivity index (χ1v) is 7.43. The molecule has 21 heavy (non-hydrogen) atoms. The summed E-state index contributed by atoms with van der Waals surface area (Å²) in [6, 6.07) is 7.19. The minimum Gasteiger partial charge on any atom is -0.352 e. The zero-order chi connectivity index (χ0) is 15.4. The number of amides is 1. The fourth-order valence-electron chi connectivity index (χ4n) is 1.83. The number of benzene rings is 1. The van der Waals surface area contributed by atoms with E-state index in [1.54, 1.807) is 32.2 Å². The molecule has 0 unspecified atom stereocenters. The molecule has 0 fully saturated rings. The highest BCUT2D eigenvalue weighted by Crippen LogP contribution is 2.21. The first-order valence-electron chi connectivity index (χ1n) is 6.55. The summed E-state index contributed by atoms with van der Waals surface area (Å²) in [5, 5.41) is 3.49. The fraction of sp³-hybridized carbons (Fsp3) is 0.267. The van der Waals surface area contributed by atoms with Gasteiger partial charge in [0.15, 0.2) is 5.16 Å². The predicted molar refractivity (Wildman–Crippen MR) is 85.5 cm³/mol. The lowest BCUT2D eigenvalue weighted by Gasteiger charge is -2.13. The number of fused-ring (bicyclic) bond motifs is 1. The number of carbonyl (C=O) groups excluding carboxylic acids is 1. The van der Waals surface area contributed by atoms with Crippen LogP contribution in [0.15, 0.2) is 46.9 Å². The van der Waals surface area contributed by atoms with Gasteiger partial charge in [0.25, 0.3) is 5.56 Å². The van der Waals surface area contributed by atoms with Gasteiger partial charge in [-0.3, -0.25) is 14.2 Å². The van der Waals surface area contributed by atoms with E-state index < -0.39 is 0 Å². The van der Waals surface area contributed by atoms with Crippen LogP contribution >= 0.6 is 11.8 Å². The van der Waals surface area contributed by atoms with Gasteiger partial charge in [0.05, 0.1) is 16.2 Å². The molecule has 0 radical (unpaired) electrons. The predicted octanol–water partition coefficient (Wildman–Crippen LogP) is 1.72. The lowest BCUT2D eigenvalue weighted by Crippen LogP contribution is -2.31. The Morgan fingerprint density at radius 1 is 1.52 bits per heavy atom. The van der Waals surface area contributed by atoms with Crippen LogP contribution in [0.25, 0.3) is 10.9 Å². The molecule has 6 heteroatoms. The Labute approximate surface area is 127 Å². The maximum absolute atomic E-state index is 12.3. The molecule has 0 aliphatic carbocycles. The van der Waals surface area contributed by atoms with Crippen molar-refractivity contribution in [3.8, 4) is 0 Å². The largest absolute Gasteiger partial charge is 0.352 e. The Morgan fingerprint density at radius 3 is 2.95 bits per heavy atom. The van der Waals surface area contributed by atoms with E-state index in [0.29, 0.717) is 22.6 Å². The van der Waals surface area contributed by atoms with Crippen molar-refractivity contribution in [2.45, 2.75) is 17.3 Å². The molecule has 1 atom stereocenters. The molecule has 110 valence electrons. The van der Waals surface area contributed by atoms with Gasteiger partial charge >= 0.3 is 0 Å². The van der Waals surface area contributed by atoms with E-state index in [9.17, 15) is 9.59 Å². The van der Waals surface area contributed by atoms with Crippen molar-refractivity contribution in [1.29, 1.82) is 0 Å². The summed E-state index contributed by atoms with van der Waals surface area (Å²) in [4.78, 5) is 28.6. The Morgan fingerprint density at radius 2 is 2.24 bits per heavy atom. The second-order valence-corrected chi connectivity index (χ2v) is 5.88. The van der Waals surface area contributed by atoms with Crippen molar-refractivity contribution in [2.24, 2.45) is 7.05 Å². The van der Waals surface area contributed by atoms with Gasteiger partial charge in [0.2, 0.25) is 5.91 Å². The third-order valence-electron chi connectivity index (χ3n) is 3.01. The quantitative estimate of drug-likeness (QED) is 0.519. The molecule has 1 N–H and O–H groups in total. The zero-order valence-corrected chi connectivity index (χ0v) is 12.8. The maximum Gasteiger partial charge on any atom is 0.261 e. The van der Waals surface area contributed by atoms with Crippen LogP contribution in [0.4, 0.5) is 0 Å². The summed E-state index contributed by atoms with van der Waals surface area (Å²) in [7, 11) is 1.67. The average molecular weight is 303 g/mol. The van der Waals surface area contributed by atoms with Crippen LogP contribution in [-0.2, 0) is 11.8 Å². The molecule has 0 saturated carbocycles. The van der Waals surface area contributed by atoms with E-state index in [-0.39, 0.29) is 16.7 Å². The highest BCUT2D eigenvalue weighted by atomic mass is 32.2. The summed E-state index contributed by atoms with van der Waals surface area (Å²) < 4.78 is 1.48. The van der Waals surface area contributed by atoms with Crippen LogP contribution in [0.2, 0.25) is 0 Å². The van der Waals surface area contributed by atoms with E-state index in [4.69, 9.17) is 0 Å². The maximum atomic E-state index is 12.3. The minimum atomic E-state index is -0.343. The molecule has 1 heterocycles. The minimum absolute atomic E-state index is 0.109. The van der Waals surface area contributed by atoms with Crippen LogP contribution in [-0.4, -0.2) is 27.3 Å². The summed E-state index contributed by atoms with van der Waals surface area (Å²) in [5.41, 5.74) is 0.531. The number of rotatable bonds is 5. The van der Waals surface area contributed by atoms with Gasteiger partial charge in [-0.2, -0.15) is 0 Å². The summed E-state index contributed by atoms with van der Waals surface area (Å²) >= 11 is 1.26. The van der Waals surface area contributed by atoms with E-state index >= 15 is 0 Å². The third-order valence-corrected chi connectivity index (χ3v) is 4.16. The molecule has 1 aromatic heterocycles. The van der Waals surface area contributed by atoms with Crippen LogP contribution in [0.3, 0.4) is 0 Å². The van der Waals surface area contributed by atoms with Gasteiger partial charge < -0.3 is 5.32 Å². The number of hydrogen-bond donors (Lipinski definition) is 1. The van der Waals surface area contributed by atoms with Crippen LogP contribution in [0.5, 0.6) is 0 Å². The Bertz CT molecular complexity index is 739.